The summed E-state index contributed by atoms with van der Waals surface area (Å²) in [5.74, 6) is 0.437. The third-order valence-electron chi connectivity index (χ3n) is 5.17. The van der Waals surface area contributed by atoms with Gasteiger partial charge in [0.15, 0.2) is 0 Å². The summed E-state index contributed by atoms with van der Waals surface area (Å²) in [5.41, 5.74) is 2.14. The first-order valence-electron chi connectivity index (χ1n) is 9.46. The lowest BCUT2D eigenvalue weighted by Crippen LogP contribution is -2.43. The van der Waals surface area contributed by atoms with Crippen LogP contribution in [0.2, 0.25) is 0 Å². The van der Waals surface area contributed by atoms with E-state index in [1.54, 1.807) is 18.2 Å². The van der Waals surface area contributed by atoms with Gasteiger partial charge in [0.2, 0.25) is 0 Å². The molecule has 1 fully saturated rings. The topological polar surface area (TPSA) is 61.0 Å². The van der Waals surface area contributed by atoms with Crippen LogP contribution in [0.15, 0.2) is 48.5 Å². The summed E-state index contributed by atoms with van der Waals surface area (Å²) in [4.78, 5) is 22.6. The van der Waals surface area contributed by atoms with Crippen molar-refractivity contribution < 1.29 is 9.18 Å². The summed E-state index contributed by atoms with van der Waals surface area (Å²) in [6, 6.07) is 14.1. The molecule has 3 aromatic rings. The Bertz CT molecular complexity index is 900. The number of benzene rings is 2. The maximum atomic E-state index is 13.9. The van der Waals surface area contributed by atoms with E-state index in [2.05, 4.69) is 15.3 Å². The fourth-order valence-corrected chi connectivity index (χ4v) is 3.77. The maximum Gasteiger partial charge on any atom is 0.322 e. The second-order valence-electron chi connectivity index (χ2n) is 6.99. The van der Waals surface area contributed by atoms with Gasteiger partial charge in [-0.3, -0.25) is 0 Å². The number of carbonyl (C=O) groups excluding carboxylic acids is 1. The number of anilines is 1. The van der Waals surface area contributed by atoms with Gasteiger partial charge in [0.25, 0.3) is 0 Å². The van der Waals surface area contributed by atoms with Gasteiger partial charge in [0, 0.05) is 19.0 Å². The number of amides is 2. The van der Waals surface area contributed by atoms with Crippen LogP contribution < -0.4 is 5.32 Å². The number of H-pyrrole nitrogens is 1. The van der Waals surface area contributed by atoms with Gasteiger partial charge in [-0.05, 0) is 37.1 Å². The Morgan fingerprint density at radius 3 is 2.67 bits per heavy atom. The highest BCUT2D eigenvalue weighted by Gasteiger charge is 2.27. The van der Waals surface area contributed by atoms with Crippen LogP contribution in [0.3, 0.4) is 0 Å². The van der Waals surface area contributed by atoms with Crippen molar-refractivity contribution >= 4 is 22.8 Å². The Hall–Kier alpha value is -2.89. The molecule has 0 radical (unpaired) electrons. The van der Waals surface area contributed by atoms with E-state index in [9.17, 15) is 9.18 Å². The molecule has 4 rings (SSSR count). The molecule has 140 valence electrons. The quantitative estimate of drug-likeness (QED) is 0.686. The largest absolute Gasteiger partial charge is 0.342 e. The zero-order valence-corrected chi connectivity index (χ0v) is 15.1. The number of nitrogens with zero attached hydrogens (tertiary/aromatic N) is 2. The minimum absolute atomic E-state index is 0.196. The summed E-state index contributed by atoms with van der Waals surface area (Å²) in [6.45, 7) is 0.546. The van der Waals surface area contributed by atoms with Gasteiger partial charge in [-0.25, -0.2) is 14.2 Å². The first kappa shape index (κ1) is 17.5. The monoisotopic (exact) mass is 366 g/mol. The molecule has 2 aromatic carbocycles. The summed E-state index contributed by atoms with van der Waals surface area (Å²) < 4.78 is 13.9. The van der Waals surface area contributed by atoms with E-state index >= 15 is 0 Å². The predicted octanol–water partition coefficient (Wildman–Crippen LogP) is 4.72. The Morgan fingerprint density at radius 2 is 1.89 bits per heavy atom. The van der Waals surface area contributed by atoms with Crippen molar-refractivity contribution in [3.05, 3.63) is 60.2 Å². The van der Waals surface area contributed by atoms with E-state index in [-0.39, 0.29) is 17.8 Å². The molecule has 0 atom stereocenters. The van der Waals surface area contributed by atoms with Crippen LogP contribution in [0.1, 0.15) is 31.5 Å². The molecule has 0 bridgehead atoms. The average molecular weight is 366 g/mol. The Kier molecular flexibility index (Phi) is 5.05. The van der Waals surface area contributed by atoms with Crippen molar-refractivity contribution in [1.82, 2.24) is 14.9 Å². The summed E-state index contributed by atoms with van der Waals surface area (Å²) in [6.07, 6.45) is 4.86. The lowest BCUT2D eigenvalue weighted by atomic mass is 10.2. The molecular weight excluding hydrogens is 343 g/mol. The number of urea groups is 1. The molecule has 27 heavy (non-hydrogen) atoms. The van der Waals surface area contributed by atoms with Gasteiger partial charge in [-0.15, -0.1) is 0 Å². The average Bonchev–Trinajstić information content (AvgIpc) is 3.33. The zero-order valence-electron chi connectivity index (χ0n) is 15.1. The van der Waals surface area contributed by atoms with Gasteiger partial charge in [0.05, 0.1) is 16.7 Å². The summed E-state index contributed by atoms with van der Waals surface area (Å²) >= 11 is 0. The molecule has 6 heteroatoms. The smallest absolute Gasteiger partial charge is 0.322 e. The van der Waals surface area contributed by atoms with Gasteiger partial charge < -0.3 is 15.2 Å². The number of hydrogen-bond acceptors (Lipinski definition) is 2. The van der Waals surface area contributed by atoms with Gasteiger partial charge >= 0.3 is 6.03 Å². The third kappa shape index (κ3) is 3.94. The van der Waals surface area contributed by atoms with Crippen LogP contribution in [-0.4, -0.2) is 33.5 Å². The lowest BCUT2D eigenvalue weighted by Gasteiger charge is -2.29. The summed E-state index contributed by atoms with van der Waals surface area (Å²) in [5, 5.41) is 2.73. The molecular formula is C21H23FN4O. The first-order valence-corrected chi connectivity index (χ1v) is 9.46. The second-order valence-corrected chi connectivity index (χ2v) is 6.99. The second kappa shape index (κ2) is 7.78. The van der Waals surface area contributed by atoms with Crippen molar-refractivity contribution in [2.75, 3.05) is 11.9 Å². The molecule has 1 aliphatic carbocycles. The van der Waals surface area contributed by atoms with E-state index < -0.39 is 5.82 Å². The van der Waals surface area contributed by atoms with Gasteiger partial charge in [-0.2, -0.15) is 0 Å². The zero-order chi connectivity index (χ0) is 18.6. The van der Waals surface area contributed by atoms with Crippen LogP contribution in [0.25, 0.3) is 11.0 Å². The van der Waals surface area contributed by atoms with Crippen LogP contribution in [-0.2, 0) is 6.42 Å². The number of nitrogens with one attached hydrogen (secondary N) is 2. The molecule has 2 N–H and O–H groups in total. The van der Waals surface area contributed by atoms with Crippen LogP contribution in [0.5, 0.6) is 0 Å². The normalized spacial score (nSPS) is 14.6. The number of para-hydroxylation sites is 3. The number of aromatic nitrogens is 2. The molecule has 0 spiro atoms. The molecule has 0 saturated heterocycles. The molecule has 5 nitrogen and oxygen atoms in total. The van der Waals surface area contributed by atoms with Crippen LogP contribution in [0.4, 0.5) is 14.9 Å². The number of halogens is 1. The fraction of sp³-hybridized carbons (Fsp3) is 0.333. The van der Waals surface area contributed by atoms with E-state index in [0.29, 0.717) is 13.0 Å². The number of carbonyl (C=O) groups is 1. The summed E-state index contributed by atoms with van der Waals surface area (Å²) in [7, 11) is 0. The minimum atomic E-state index is -0.422. The first-order chi connectivity index (χ1) is 13.2. The van der Waals surface area contributed by atoms with E-state index in [1.807, 2.05) is 29.2 Å². The number of imidazole rings is 1. The van der Waals surface area contributed by atoms with Crippen LogP contribution >= 0.6 is 0 Å². The van der Waals surface area contributed by atoms with Crippen molar-refractivity contribution in [3.63, 3.8) is 0 Å². The molecule has 1 saturated carbocycles. The predicted molar refractivity (Wildman–Crippen MR) is 104 cm³/mol. The molecule has 0 unspecified atom stereocenters. The number of rotatable bonds is 5. The van der Waals surface area contributed by atoms with Crippen LogP contribution in [0, 0.1) is 5.82 Å². The van der Waals surface area contributed by atoms with Crippen molar-refractivity contribution in [1.29, 1.82) is 0 Å². The highest BCUT2D eigenvalue weighted by atomic mass is 19.1. The van der Waals surface area contributed by atoms with E-state index in [4.69, 9.17) is 0 Å². The lowest BCUT2D eigenvalue weighted by molar-refractivity contribution is 0.189. The van der Waals surface area contributed by atoms with Crippen molar-refractivity contribution in [2.45, 2.75) is 38.1 Å². The fourth-order valence-electron chi connectivity index (χ4n) is 3.77. The minimum Gasteiger partial charge on any atom is -0.342 e. The number of hydrogen-bond donors (Lipinski definition) is 2. The standard InChI is InChI=1S/C21H23FN4O/c22-16-9-3-4-10-17(16)25-21(27)26(15-7-1-2-8-15)14-13-20-23-18-11-5-6-12-19(18)24-20/h3-6,9-12,15H,1-2,7-8,13-14H2,(H,23,24)(H,25,27). The highest BCUT2D eigenvalue weighted by molar-refractivity contribution is 5.89. The molecule has 2 amide bonds. The maximum absolute atomic E-state index is 13.9. The van der Waals surface area contributed by atoms with E-state index in [1.165, 1.54) is 6.07 Å². The molecule has 1 heterocycles. The number of aromatic amines is 1. The van der Waals surface area contributed by atoms with Gasteiger partial charge in [-0.1, -0.05) is 37.1 Å². The third-order valence-corrected chi connectivity index (χ3v) is 5.17. The molecule has 1 aliphatic rings. The Labute approximate surface area is 157 Å². The van der Waals surface area contributed by atoms with E-state index in [0.717, 1.165) is 42.5 Å². The Balaban J connectivity index is 1.48. The Morgan fingerprint density at radius 1 is 1.15 bits per heavy atom. The highest BCUT2D eigenvalue weighted by Crippen LogP contribution is 2.25. The van der Waals surface area contributed by atoms with Gasteiger partial charge in [0.1, 0.15) is 11.6 Å². The van der Waals surface area contributed by atoms with Crippen molar-refractivity contribution in [2.24, 2.45) is 0 Å². The molecule has 1 aromatic heterocycles. The SMILES string of the molecule is O=C(Nc1ccccc1F)N(CCc1nc2ccccc2[nH]1)C1CCCC1. The number of fused-ring (bicyclic) bond motifs is 1. The molecule has 0 aliphatic heterocycles. The van der Waals surface area contributed by atoms with Crippen molar-refractivity contribution in [3.8, 4) is 0 Å².